The van der Waals surface area contributed by atoms with Gasteiger partial charge in [-0.1, -0.05) is 41.5 Å². The van der Waals surface area contributed by atoms with Gasteiger partial charge in [-0.3, -0.25) is 4.79 Å². The first-order valence-electron chi connectivity index (χ1n) is 9.74. The quantitative estimate of drug-likeness (QED) is 0.765. The summed E-state index contributed by atoms with van der Waals surface area (Å²) in [5.41, 5.74) is -3.61. The molecular formula is C21H34O4. The van der Waals surface area contributed by atoms with E-state index < -0.39 is 27.6 Å². The van der Waals surface area contributed by atoms with E-state index in [1.165, 1.54) is 0 Å². The van der Waals surface area contributed by atoms with Crippen LogP contribution in [-0.4, -0.2) is 33.0 Å². The fourth-order valence-corrected chi connectivity index (χ4v) is 7.32. The van der Waals surface area contributed by atoms with Gasteiger partial charge in [0.2, 0.25) is 0 Å². The van der Waals surface area contributed by atoms with Crippen molar-refractivity contribution in [2.45, 2.75) is 97.4 Å². The molecule has 4 aliphatic rings. The van der Waals surface area contributed by atoms with Crippen LogP contribution in [0.4, 0.5) is 0 Å². The Morgan fingerprint density at radius 3 is 2.00 bits per heavy atom. The molecule has 4 fully saturated rings. The summed E-state index contributed by atoms with van der Waals surface area (Å²) in [5, 5.41) is 21.6. The highest BCUT2D eigenvalue weighted by Gasteiger charge is 3.01. The number of carbonyl (C=O) groups is 1. The van der Waals surface area contributed by atoms with Crippen LogP contribution in [0.5, 0.6) is 0 Å². The molecule has 4 nitrogen and oxygen atoms in total. The molecule has 0 radical (unpaired) electrons. The van der Waals surface area contributed by atoms with Gasteiger partial charge in [-0.25, -0.2) is 0 Å². The predicted octanol–water partition coefficient (Wildman–Crippen LogP) is 3.44. The van der Waals surface area contributed by atoms with E-state index >= 15 is 0 Å². The van der Waals surface area contributed by atoms with Crippen molar-refractivity contribution in [3.8, 4) is 0 Å². The summed E-state index contributed by atoms with van der Waals surface area (Å²) in [6.07, 6.45) is 3.25. The van der Waals surface area contributed by atoms with E-state index in [-0.39, 0.29) is 16.8 Å². The Labute approximate surface area is 151 Å². The van der Waals surface area contributed by atoms with Gasteiger partial charge < -0.3 is 14.9 Å². The first-order valence-corrected chi connectivity index (χ1v) is 9.74. The van der Waals surface area contributed by atoms with Crippen molar-refractivity contribution in [2.24, 2.45) is 27.6 Å². The summed E-state index contributed by atoms with van der Waals surface area (Å²) < 4.78 is 6.21. The fraction of sp³-hybridized carbons (Fsp3) is 0.952. The Balaban J connectivity index is 1.60. The number of esters is 1. The van der Waals surface area contributed by atoms with E-state index in [1.807, 2.05) is 6.92 Å². The third-order valence-corrected chi connectivity index (χ3v) is 8.40. The lowest BCUT2D eigenvalue weighted by atomic mass is 9.13. The van der Waals surface area contributed by atoms with Gasteiger partial charge in [0.25, 0.3) is 0 Å². The van der Waals surface area contributed by atoms with Gasteiger partial charge in [-0.15, -0.1) is 0 Å². The molecule has 0 heterocycles. The Bertz CT molecular complexity index is 648. The molecule has 4 heteroatoms. The molecule has 0 aromatic heterocycles. The first kappa shape index (κ1) is 17.8. The highest BCUT2D eigenvalue weighted by atomic mass is 16.6. The third kappa shape index (κ3) is 1.66. The molecule has 2 N–H and O–H groups in total. The average Bonchev–Trinajstić information content (AvgIpc) is 2.30. The standard InChI is InChI=1S/C21H34O4/c1-15(2,3)10-17(7,16(4,5)6)14(22)25-20-9-13-8-18(23)11-19(24,12-20)21(13,18)20/h13,23-24H,8-12H2,1-7H3. The monoisotopic (exact) mass is 350 g/mol. The van der Waals surface area contributed by atoms with Gasteiger partial charge in [0, 0.05) is 12.8 Å². The highest BCUT2D eigenvalue weighted by Crippen LogP contribution is 2.92. The topological polar surface area (TPSA) is 66.8 Å². The zero-order valence-corrected chi connectivity index (χ0v) is 16.8. The van der Waals surface area contributed by atoms with Crippen molar-refractivity contribution < 1.29 is 19.7 Å². The number of aliphatic hydroxyl groups is 2. The Hall–Kier alpha value is -0.610. The molecule has 0 saturated heterocycles. The molecule has 0 aromatic rings. The molecule has 4 aliphatic carbocycles. The van der Waals surface area contributed by atoms with E-state index in [2.05, 4.69) is 41.5 Å². The van der Waals surface area contributed by atoms with E-state index in [0.717, 1.165) is 19.3 Å². The van der Waals surface area contributed by atoms with Crippen LogP contribution in [0.1, 0.15) is 80.6 Å². The molecule has 142 valence electrons. The van der Waals surface area contributed by atoms with Crippen LogP contribution in [0.25, 0.3) is 0 Å². The summed E-state index contributed by atoms with van der Waals surface area (Å²) in [6, 6.07) is 0. The molecule has 6 unspecified atom stereocenters. The van der Waals surface area contributed by atoms with E-state index in [0.29, 0.717) is 18.8 Å². The number of hydrogen-bond acceptors (Lipinski definition) is 4. The van der Waals surface area contributed by atoms with Crippen LogP contribution in [0.2, 0.25) is 0 Å². The Kier molecular flexibility index (Phi) is 2.93. The summed E-state index contributed by atoms with van der Waals surface area (Å²) in [6.45, 7) is 14.8. The van der Waals surface area contributed by atoms with Gasteiger partial charge in [0.15, 0.2) is 0 Å². The summed E-state index contributed by atoms with van der Waals surface area (Å²) in [4.78, 5) is 13.4. The molecule has 4 rings (SSSR count). The summed E-state index contributed by atoms with van der Waals surface area (Å²) in [5.74, 6) is 0.159. The maximum Gasteiger partial charge on any atom is 0.312 e. The van der Waals surface area contributed by atoms with Gasteiger partial charge >= 0.3 is 5.97 Å². The van der Waals surface area contributed by atoms with Crippen LogP contribution in [0.15, 0.2) is 0 Å². The van der Waals surface area contributed by atoms with Crippen molar-refractivity contribution in [3.63, 3.8) is 0 Å². The lowest BCUT2D eigenvalue weighted by Gasteiger charge is -2.94. The molecule has 6 atom stereocenters. The Morgan fingerprint density at radius 2 is 1.60 bits per heavy atom. The normalized spacial score (nSPS) is 49.2. The van der Waals surface area contributed by atoms with E-state index in [1.54, 1.807) is 0 Å². The predicted molar refractivity (Wildman–Crippen MR) is 94.7 cm³/mol. The SMILES string of the molecule is CC(C)(C)CC(C)(C(=O)OC12CC3CC4(O)CC(O)(C1)C342)C(C)(C)C. The second-order valence-electron chi connectivity index (χ2n) is 12.0. The average molecular weight is 350 g/mol. The summed E-state index contributed by atoms with van der Waals surface area (Å²) >= 11 is 0. The van der Waals surface area contributed by atoms with E-state index in [9.17, 15) is 15.0 Å². The van der Waals surface area contributed by atoms with Crippen molar-refractivity contribution in [3.05, 3.63) is 0 Å². The first-order chi connectivity index (χ1) is 11.1. The van der Waals surface area contributed by atoms with Gasteiger partial charge in [-0.2, -0.15) is 0 Å². The zero-order valence-electron chi connectivity index (χ0n) is 16.8. The maximum atomic E-state index is 13.4. The minimum absolute atomic E-state index is 0.00712. The molecule has 0 amide bonds. The minimum Gasteiger partial charge on any atom is -0.458 e. The van der Waals surface area contributed by atoms with Crippen molar-refractivity contribution in [2.75, 3.05) is 0 Å². The lowest BCUT2D eigenvalue weighted by molar-refractivity contribution is -0.549. The summed E-state index contributed by atoms with van der Waals surface area (Å²) in [7, 11) is 0. The Morgan fingerprint density at radius 1 is 1.00 bits per heavy atom. The number of hydrogen-bond donors (Lipinski definition) is 2. The molecule has 0 bridgehead atoms. The number of rotatable bonds is 3. The van der Waals surface area contributed by atoms with Crippen LogP contribution in [0, 0.1) is 27.6 Å². The smallest absolute Gasteiger partial charge is 0.312 e. The second-order valence-corrected chi connectivity index (χ2v) is 12.0. The molecule has 25 heavy (non-hydrogen) atoms. The van der Waals surface area contributed by atoms with Gasteiger partial charge in [0.1, 0.15) is 5.60 Å². The van der Waals surface area contributed by atoms with Crippen LogP contribution >= 0.6 is 0 Å². The molecule has 4 saturated carbocycles. The van der Waals surface area contributed by atoms with Crippen LogP contribution < -0.4 is 0 Å². The zero-order chi connectivity index (χ0) is 18.9. The van der Waals surface area contributed by atoms with Crippen molar-refractivity contribution >= 4 is 5.97 Å². The lowest BCUT2D eigenvalue weighted by Crippen LogP contribution is -3.03. The van der Waals surface area contributed by atoms with Gasteiger partial charge in [0.05, 0.1) is 22.0 Å². The molecule has 0 aliphatic heterocycles. The van der Waals surface area contributed by atoms with Crippen molar-refractivity contribution in [1.29, 1.82) is 0 Å². The highest BCUT2D eigenvalue weighted by molar-refractivity contribution is 5.79. The maximum absolute atomic E-state index is 13.4. The minimum atomic E-state index is -0.800. The van der Waals surface area contributed by atoms with Crippen molar-refractivity contribution in [1.82, 2.24) is 0 Å². The van der Waals surface area contributed by atoms with Crippen LogP contribution in [0.3, 0.4) is 0 Å². The largest absolute Gasteiger partial charge is 0.458 e. The van der Waals surface area contributed by atoms with Crippen LogP contribution in [-0.2, 0) is 9.53 Å². The second kappa shape index (κ2) is 4.11. The number of ether oxygens (including phenoxy) is 1. The number of carbonyl (C=O) groups excluding carboxylic acids is 1. The molecule has 0 aromatic carbocycles. The molecular weight excluding hydrogens is 316 g/mol. The fourth-order valence-electron chi connectivity index (χ4n) is 7.32. The molecule has 1 spiro atoms. The van der Waals surface area contributed by atoms with Gasteiger partial charge in [-0.05, 0) is 42.9 Å². The third-order valence-electron chi connectivity index (χ3n) is 8.40. The van der Waals surface area contributed by atoms with E-state index in [4.69, 9.17) is 4.74 Å².